The van der Waals surface area contributed by atoms with Gasteiger partial charge in [0.1, 0.15) is 36.1 Å². The normalized spacial score (nSPS) is 13.6. The standard InChI is InChI=1S/C65H74O11/c1-2-38-67-45-61(72-39-53-24-10-3-11-25-53)48-70-49-62(73-40-54-26-12-4-13-27-54)46-68-43-60(66)44-69-47-63(74-41-55-28-14-5-15-29-55)50-71-51-64(75-42-56-30-16-6-17-31-56)52-76-65(57-32-18-7-19-33-57,58-34-20-8-21-35-58)59-36-22-9-23-37-59/h2-37,60-64,66H,1,38-52H2. The van der Waals surface area contributed by atoms with Gasteiger partial charge in [-0.2, -0.15) is 0 Å². The van der Waals surface area contributed by atoms with Crippen LogP contribution in [-0.2, 0) is 79.4 Å². The smallest absolute Gasteiger partial charge is 0.143 e. The number of aliphatic hydroxyl groups is 1. The van der Waals surface area contributed by atoms with Crippen LogP contribution in [0.1, 0.15) is 38.9 Å². The Labute approximate surface area is 449 Å². The van der Waals surface area contributed by atoms with Crippen LogP contribution in [0.3, 0.4) is 0 Å². The van der Waals surface area contributed by atoms with E-state index in [4.69, 9.17) is 47.4 Å². The van der Waals surface area contributed by atoms with Crippen LogP contribution in [0.15, 0.2) is 225 Å². The van der Waals surface area contributed by atoms with E-state index in [0.717, 1.165) is 38.9 Å². The van der Waals surface area contributed by atoms with E-state index in [1.165, 1.54) is 0 Å². The first-order valence-electron chi connectivity index (χ1n) is 26.2. The minimum absolute atomic E-state index is 0.0135. The van der Waals surface area contributed by atoms with E-state index in [9.17, 15) is 5.11 Å². The second-order valence-electron chi connectivity index (χ2n) is 18.4. The second-order valence-corrected chi connectivity index (χ2v) is 18.4. The van der Waals surface area contributed by atoms with Gasteiger partial charge in [-0.1, -0.05) is 218 Å². The van der Waals surface area contributed by atoms with Crippen molar-refractivity contribution in [2.45, 2.75) is 62.5 Å². The van der Waals surface area contributed by atoms with Crippen LogP contribution in [0, 0.1) is 0 Å². The number of aliphatic hydroxyl groups excluding tert-OH is 1. The zero-order valence-electron chi connectivity index (χ0n) is 43.5. The van der Waals surface area contributed by atoms with E-state index < -0.39 is 30.0 Å². The second kappa shape index (κ2) is 33.8. The molecule has 5 atom stereocenters. The number of hydrogen-bond donors (Lipinski definition) is 1. The Morgan fingerprint density at radius 3 is 0.868 bits per heavy atom. The first-order chi connectivity index (χ1) is 37.6. The topological polar surface area (TPSA) is 113 Å². The molecule has 0 aliphatic heterocycles. The summed E-state index contributed by atoms with van der Waals surface area (Å²) in [7, 11) is 0. The molecule has 0 aliphatic rings. The third-order valence-electron chi connectivity index (χ3n) is 12.3. The van der Waals surface area contributed by atoms with Gasteiger partial charge in [0, 0.05) is 0 Å². The summed E-state index contributed by atoms with van der Waals surface area (Å²) in [5.74, 6) is 0. The summed E-state index contributed by atoms with van der Waals surface area (Å²) in [5.41, 5.74) is 6.18. The summed E-state index contributed by atoms with van der Waals surface area (Å²) in [4.78, 5) is 0. The van der Waals surface area contributed by atoms with E-state index in [2.05, 4.69) is 43.0 Å². The summed E-state index contributed by atoms with van der Waals surface area (Å²) in [6.45, 7) is 7.56. The van der Waals surface area contributed by atoms with Crippen LogP contribution in [-0.4, -0.2) is 108 Å². The van der Waals surface area contributed by atoms with Crippen molar-refractivity contribution in [3.05, 3.63) is 264 Å². The molecule has 0 radical (unpaired) electrons. The molecule has 1 N–H and O–H groups in total. The molecule has 7 aromatic rings. The van der Waals surface area contributed by atoms with Crippen LogP contribution in [0.25, 0.3) is 0 Å². The van der Waals surface area contributed by atoms with Crippen molar-refractivity contribution < 1.29 is 52.5 Å². The summed E-state index contributed by atoms with van der Waals surface area (Å²) < 4.78 is 63.3. The van der Waals surface area contributed by atoms with Gasteiger partial charge in [0.15, 0.2) is 0 Å². The molecule has 0 aromatic heterocycles. The van der Waals surface area contributed by atoms with Gasteiger partial charge in [-0.25, -0.2) is 0 Å². The Morgan fingerprint density at radius 2 is 0.579 bits per heavy atom. The van der Waals surface area contributed by atoms with Gasteiger partial charge in [-0.3, -0.25) is 0 Å². The lowest BCUT2D eigenvalue weighted by atomic mass is 9.80. The van der Waals surface area contributed by atoms with Crippen LogP contribution < -0.4 is 0 Å². The Kier molecular flexibility index (Phi) is 25.6. The molecule has 11 heteroatoms. The molecular weight excluding hydrogens is 957 g/mol. The molecular formula is C65H74O11. The molecule has 0 saturated heterocycles. The first-order valence-corrected chi connectivity index (χ1v) is 26.2. The van der Waals surface area contributed by atoms with Crippen LogP contribution in [0.4, 0.5) is 0 Å². The molecule has 0 saturated carbocycles. The lowest BCUT2D eigenvalue weighted by molar-refractivity contribution is -0.122. The van der Waals surface area contributed by atoms with Gasteiger partial charge >= 0.3 is 0 Å². The van der Waals surface area contributed by atoms with Crippen molar-refractivity contribution in [2.75, 3.05) is 72.7 Å². The molecule has 0 aliphatic carbocycles. The van der Waals surface area contributed by atoms with Crippen molar-refractivity contribution in [3.8, 4) is 0 Å². The third-order valence-corrected chi connectivity index (χ3v) is 12.3. The van der Waals surface area contributed by atoms with Crippen molar-refractivity contribution in [1.29, 1.82) is 0 Å². The molecule has 7 rings (SSSR count). The number of rotatable bonds is 38. The predicted molar refractivity (Wildman–Crippen MR) is 296 cm³/mol. The minimum atomic E-state index is -0.940. The van der Waals surface area contributed by atoms with E-state index in [1.807, 2.05) is 176 Å². The Hall–Kier alpha value is -6.16. The maximum absolute atomic E-state index is 11.1. The average molecular weight is 1030 g/mol. The highest BCUT2D eigenvalue weighted by Crippen LogP contribution is 2.40. The quantitative estimate of drug-likeness (QED) is 0.0227. The van der Waals surface area contributed by atoms with Gasteiger partial charge < -0.3 is 52.5 Å². The number of hydrogen-bond acceptors (Lipinski definition) is 11. The predicted octanol–water partition coefficient (Wildman–Crippen LogP) is 11.0. The summed E-state index contributed by atoms with van der Waals surface area (Å²) in [5, 5.41) is 11.1. The first kappa shape index (κ1) is 57.5. The van der Waals surface area contributed by atoms with E-state index >= 15 is 0 Å². The van der Waals surface area contributed by atoms with Crippen molar-refractivity contribution in [2.24, 2.45) is 0 Å². The summed E-state index contributed by atoms with van der Waals surface area (Å²) in [6.07, 6.45) is -0.897. The Bertz CT molecular complexity index is 2450. The molecule has 0 amide bonds. The summed E-state index contributed by atoms with van der Waals surface area (Å²) >= 11 is 0. The largest absolute Gasteiger partial charge is 0.388 e. The fourth-order valence-corrected chi connectivity index (χ4v) is 8.38. The average Bonchev–Trinajstić information content (AvgIpc) is 3.48. The van der Waals surface area contributed by atoms with Gasteiger partial charge in [0.05, 0.1) is 99.1 Å². The summed E-state index contributed by atoms with van der Waals surface area (Å²) in [6, 6.07) is 70.9. The molecule has 400 valence electrons. The molecule has 0 spiro atoms. The highest BCUT2D eigenvalue weighted by atomic mass is 16.6. The zero-order valence-corrected chi connectivity index (χ0v) is 43.5. The lowest BCUT2D eigenvalue weighted by Crippen LogP contribution is -2.38. The maximum atomic E-state index is 11.1. The fourth-order valence-electron chi connectivity index (χ4n) is 8.38. The molecule has 7 aromatic carbocycles. The van der Waals surface area contributed by atoms with E-state index in [0.29, 0.717) is 39.6 Å². The van der Waals surface area contributed by atoms with Gasteiger partial charge in [-0.05, 0) is 38.9 Å². The van der Waals surface area contributed by atoms with Crippen LogP contribution in [0.5, 0.6) is 0 Å². The minimum Gasteiger partial charge on any atom is -0.388 e. The SMILES string of the molecule is C=CCOCC(COCC(COCC(O)COCC(COCC(COC(c1ccccc1)(c1ccccc1)c1ccccc1)OCc1ccccc1)OCc1ccccc1)OCc1ccccc1)OCc1ccccc1. The molecule has 11 nitrogen and oxygen atoms in total. The molecule has 5 unspecified atom stereocenters. The number of benzene rings is 7. The molecule has 0 bridgehead atoms. The molecule has 0 fully saturated rings. The Balaban J connectivity index is 0.950. The maximum Gasteiger partial charge on any atom is 0.143 e. The van der Waals surface area contributed by atoms with Crippen LogP contribution >= 0.6 is 0 Å². The van der Waals surface area contributed by atoms with Crippen molar-refractivity contribution in [3.63, 3.8) is 0 Å². The van der Waals surface area contributed by atoms with E-state index in [1.54, 1.807) is 6.08 Å². The molecule has 76 heavy (non-hydrogen) atoms. The van der Waals surface area contributed by atoms with Gasteiger partial charge in [0.2, 0.25) is 0 Å². The third kappa shape index (κ3) is 20.1. The van der Waals surface area contributed by atoms with Crippen LogP contribution in [0.2, 0.25) is 0 Å². The lowest BCUT2D eigenvalue weighted by Gasteiger charge is -2.37. The van der Waals surface area contributed by atoms with Crippen molar-refractivity contribution >= 4 is 0 Å². The fraction of sp³-hybridized carbons (Fsp3) is 0.323. The Morgan fingerprint density at radius 1 is 0.329 bits per heavy atom. The zero-order chi connectivity index (χ0) is 52.6. The van der Waals surface area contributed by atoms with E-state index in [-0.39, 0.29) is 65.6 Å². The highest BCUT2D eigenvalue weighted by Gasteiger charge is 2.38. The van der Waals surface area contributed by atoms with Gasteiger partial charge in [0.25, 0.3) is 0 Å². The number of ether oxygens (including phenoxy) is 10. The highest BCUT2D eigenvalue weighted by molar-refractivity contribution is 5.47. The molecule has 0 heterocycles. The van der Waals surface area contributed by atoms with Gasteiger partial charge in [-0.15, -0.1) is 6.58 Å². The van der Waals surface area contributed by atoms with Crippen molar-refractivity contribution in [1.82, 2.24) is 0 Å². The monoisotopic (exact) mass is 1030 g/mol.